The SMILES string of the molecule is CC(C)C1(COc2cc(Cl)ncn2)CCCC1. The number of aromatic nitrogens is 2. The third kappa shape index (κ3) is 2.89. The summed E-state index contributed by atoms with van der Waals surface area (Å²) in [5.41, 5.74) is 0.317. The van der Waals surface area contributed by atoms with Crippen molar-refractivity contribution in [2.24, 2.45) is 11.3 Å². The maximum Gasteiger partial charge on any atom is 0.217 e. The lowest BCUT2D eigenvalue weighted by molar-refractivity contribution is 0.0948. The number of ether oxygens (including phenoxy) is 1. The van der Waals surface area contributed by atoms with Crippen molar-refractivity contribution in [2.75, 3.05) is 6.61 Å². The lowest BCUT2D eigenvalue weighted by Gasteiger charge is -2.32. The molecule has 3 nitrogen and oxygen atoms in total. The summed E-state index contributed by atoms with van der Waals surface area (Å²) in [5.74, 6) is 1.22. The predicted molar refractivity (Wildman–Crippen MR) is 68.3 cm³/mol. The van der Waals surface area contributed by atoms with Gasteiger partial charge in [0.2, 0.25) is 5.88 Å². The second kappa shape index (κ2) is 5.21. The second-order valence-corrected chi connectivity index (χ2v) is 5.58. The second-order valence-electron chi connectivity index (χ2n) is 5.19. The van der Waals surface area contributed by atoms with E-state index in [4.69, 9.17) is 16.3 Å². The Kier molecular flexibility index (Phi) is 3.87. The summed E-state index contributed by atoms with van der Waals surface area (Å²) in [6.45, 7) is 5.29. The van der Waals surface area contributed by atoms with Crippen molar-refractivity contribution in [1.29, 1.82) is 0 Å². The van der Waals surface area contributed by atoms with Crippen molar-refractivity contribution >= 4 is 11.6 Å². The van der Waals surface area contributed by atoms with E-state index in [0.29, 0.717) is 22.4 Å². The van der Waals surface area contributed by atoms with Gasteiger partial charge < -0.3 is 4.74 Å². The Balaban J connectivity index is 2.01. The first-order chi connectivity index (χ1) is 8.12. The molecule has 17 heavy (non-hydrogen) atoms. The van der Waals surface area contributed by atoms with E-state index in [1.165, 1.54) is 32.0 Å². The van der Waals surface area contributed by atoms with E-state index in [2.05, 4.69) is 23.8 Å². The number of hydrogen-bond donors (Lipinski definition) is 0. The molecule has 0 atom stereocenters. The van der Waals surface area contributed by atoms with Gasteiger partial charge in [-0.25, -0.2) is 9.97 Å². The molecule has 0 N–H and O–H groups in total. The molecule has 0 spiro atoms. The standard InChI is InChI=1S/C13H19ClN2O/c1-10(2)13(5-3-4-6-13)8-17-12-7-11(14)15-9-16-12/h7,9-10H,3-6,8H2,1-2H3. The normalized spacial score (nSPS) is 18.6. The molecule has 94 valence electrons. The zero-order valence-electron chi connectivity index (χ0n) is 10.4. The molecule has 0 bridgehead atoms. The lowest BCUT2D eigenvalue weighted by atomic mass is 9.76. The highest BCUT2D eigenvalue weighted by atomic mass is 35.5. The molecular weight excluding hydrogens is 236 g/mol. The molecule has 0 saturated heterocycles. The van der Waals surface area contributed by atoms with Gasteiger partial charge in [0.05, 0.1) is 6.61 Å². The smallest absolute Gasteiger partial charge is 0.217 e. The fourth-order valence-electron chi connectivity index (χ4n) is 2.58. The van der Waals surface area contributed by atoms with Crippen LogP contribution in [0.4, 0.5) is 0 Å². The van der Waals surface area contributed by atoms with Crippen LogP contribution in [0.5, 0.6) is 5.88 Å². The summed E-state index contributed by atoms with van der Waals surface area (Å²) in [6.07, 6.45) is 6.57. The summed E-state index contributed by atoms with van der Waals surface area (Å²) in [6, 6.07) is 1.67. The zero-order chi connectivity index (χ0) is 12.3. The van der Waals surface area contributed by atoms with Crippen LogP contribution in [0.2, 0.25) is 5.15 Å². The van der Waals surface area contributed by atoms with Crippen LogP contribution in [0.25, 0.3) is 0 Å². The van der Waals surface area contributed by atoms with Gasteiger partial charge in [-0.05, 0) is 18.8 Å². The molecule has 0 aliphatic heterocycles. The molecule has 0 aromatic carbocycles. The van der Waals surface area contributed by atoms with E-state index in [-0.39, 0.29) is 0 Å². The van der Waals surface area contributed by atoms with E-state index in [1.807, 2.05) is 0 Å². The van der Waals surface area contributed by atoms with Gasteiger partial charge in [0.1, 0.15) is 11.5 Å². The van der Waals surface area contributed by atoms with Crippen molar-refractivity contribution in [3.63, 3.8) is 0 Å². The first-order valence-electron chi connectivity index (χ1n) is 6.23. The highest BCUT2D eigenvalue weighted by Gasteiger charge is 2.37. The monoisotopic (exact) mass is 254 g/mol. The molecule has 1 aromatic rings. The largest absolute Gasteiger partial charge is 0.477 e. The molecule has 1 aliphatic carbocycles. The molecule has 0 radical (unpaired) electrons. The van der Waals surface area contributed by atoms with Crippen LogP contribution in [-0.4, -0.2) is 16.6 Å². The van der Waals surface area contributed by atoms with Gasteiger partial charge in [-0.15, -0.1) is 0 Å². The van der Waals surface area contributed by atoms with Crippen molar-refractivity contribution < 1.29 is 4.74 Å². The van der Waals surface area contributed by atoms with Crippen LogP contribution in [0, 0.1) is 11.3 Å². The topological polar surface area (TPSA) is 35.0 Å². The number of halogens is 1. The van der Waals surface area contributed by atoms with Gasteiger partial charge in [-0.3, -0.25) is 0 Å². The molecule has 2 rings (SSSR count). The Hall–Kier alpha value is -0.830. The fraction of sp³-hybridized carbons (Fsp3) is 0.692. The van der Waals surface area contributed by atoms with Gasteiger partial charge in [-0.1, -0.05) is 38.3 Å². The van der Waals surface area contributed by atoms with E-state index in [1.54, 1.807) is 6.07 Å². The maximum absolute atomic E-state index is 5.81. The molecule has 1 aromatic heterocycles. The van der Waals surface area contributed by atoms with Gasteiger partial charge in [0.15, 0.2) is 0 Å². The quantitative estimate of drug-likeness (QED) is 0.768. The minimum Gasteiger partial charge on any atom is -0.477 e. The molecule has 0 unspecified atom stereocenters. The fourth-order valence-corrected chi connectivity index (χ4v) is 2.72. The number of rotatable bonds is 4. The van der Waals surface area contributed by atoms with Crippen LogP contribution in [0.3, 0.4) is 0 Å². The predicted octanol–water partition coefficient (Wildman–Crippen LogP) is 3.73. The summed E-state index contributed by atoms with van der Waals surface area (Å²) >= 11 is 5.81. The summed E-state index contributed by atoms with van der Waals surface area (Å²) in [5, 5.41) is 0.431. The van der Waals surface area contributed by atoms with Gasteiger partial charge in [0, 0.05) is 11.5 Å². The summed E-state index contributed by atoms with van der Waals surface area (Å²) < 4.78 is 5.80. The van der Waals surface area contributed by atoms with Crippen LogP contribution >= 0.6 is 11.6 Å². The number of hydrogen-bond acceptors (Lipinski definition) is 3. The maximum atomic E-state index is 5.81. The van der Waals surface area contributed by atoms with Crippen molar-refractivity contribution in [1.82, 2.24) is 9.97 Å². The summed E-state index contributed by atoms with van der Waals surface area (Å²) in [7, 11) is 0. The van der Waals surface area contributed by atoms with Gasteiger partial charge in [0.25, 0.3) is 0 Å². The van der Waals surface area contributed by atoms with Crippen LogP contribution < -0.4 is 4.74 Å². The lowest BCUT2D eigenvalue weighted by Crippen LogP contribution is -2.31. The molecule has 1 fully saturated rings. The molecule has 0 amide bonds. The third-order valence-electron chi connectivity index (χ3n) is 3.94. The van der Waals surface area contributed by atoms with Crippen molar-refractivity contribution in [3.05, 3.63) is 17.5 Å². The molecule has 1 saturated carbocycles. The third-order valence-corrected chi connectivity index (χ3v) is 4.15. The molecule has 1 heterocycles. The Morgan fingerprint density at radius 1 is 1.35 bits per heavy atom. The van der Waals surface area contributed by atoms with E-state index in [0.717, 1.165) is 6.61 Å². The average Bonchev–Trinajstić information content (AvgIpc) is 2.76. The van der Waals surface area contributed by atoms with E-state index >= 15 is 0 Å². The van der Waals surface area contributed by atoms with Crippen LogP contribution in [0.15, 0.2) is 12.4 Å². The highest BCUT2D eigenvalue weighted by molar-refractivity contribution is 6.29. The van der Waals surface area contributed by atoms with Crippen LogP contribution in [-0.2, 0) is 0 Å². The van der Waals surface area contributed by atoms with E-state index in [9.17, 15) is 0 Å². The van der Waals surface area contributed by atoms with Crippen molar-refractivity contribution in [2.45, 2.75) is 39.5 Å². The van der Waals surface area contributed by atoms with Crippen LogP contribution in [0.1, 0.15) is 39.5 Å². The highest BCUT2D eigenvalue weighted by Crippen LogP contribution is 2.44. The Morgan fingerprint density at radius 2 is 2.06 bits per heavy atom. The first-order valence-corrected chi connectivity index (χ1v) is 6.60. The Bertz CT molecular complexity index is 375. The molecule has 1 aliphatic rings. The minimum absolute atomic E-state index is 0.317. The summed E-state index contributed by atoms with van der Waals surface area (Å²) in [4.78, 5) is 7.92. The van der Waals surface area contributed by atoms with E-state index < -0.39 is 0 Å². The average molecular weight is 255 g/mol. The Morgan fingerprint density at radius 3 is 2.65 bits per heavy atom. The number of nitrogens with zero attached hydrogens (tertiary/aromatic N) is 2. The minimum atomic E-state index is 0.317. The van der Waals surface area contributed by atoms with Crippen molar-refractivity contribution in [3.8, 4) is 5.88 Å². The van der Waals surface area contributed by atoms with Gasteiger partial charge >= 0.3 is 0 Å². The molecule has 4 heteroatoms. The first kappa shape index (κ1) is 12.6. The van der Waals surface area contributed by atoms with Gasteiger partial charge in [-0.2, -0.15) is 0 Å². The zero-order valence-corrected chi connectivity index (χ0v) is 11.2. The Labute approximate surface area is 108 Å². The molecular formula is C13H19ClN2O.